The number of aromatic nitrogens is 2. The van der Waals surface area contributed by atoms with Crippen molar-refractivity contribution in [1.29, 1.82) is 0 Å². The van der Waals surface area contributed by atoms with Crippen LogP contribution in [0.5, 0.6) is 5.75 Å². The van der Waals surface area contributed by atoms with Crippen LogP contribution in [0.1, 0.15) is 12.8 Å². The SMILES string of the molecule is Cn1c(=O)n(C(=O)NCC2CCN(CC(COc3ccc(Cl)cc3)NC(=O)O)CC2)c2ccccc21. The summed E-state index contributed by atoms with van der Waals surface area (Å²) in [5, 5.41) is 15.3. The molecule has 1 aliphatic rings. The second kappa shape index (κ2) is 11.5. The standard InChI is InChI=1S/C25H30ClN5O5/c1-29-21-4-2-3-5-22(21)31(25(29)35)23(32)27-14-17-10-12-30(13-11-17)15-19(28-24(33)34)16-36-20-8-6-18(26)7-9-20/h2-9,17,19,28H,10-16H2,1H3,(H,27,32)(H,33,34). The third-order valence-corrected chi connectivity index (χ3v) is 6.74. The molecule has 4 rings (SSSR count). The van der Waals surface area contributed by atoms with Crippen molar-refractivity contribution in [3.05, 3.63) is 64.0 Å². The van der Waals surface area contributed by atoms with Gasteiger partial charge >= 0.3 is 17.8 Å². The maximum absolute atomic E-state index is 12.8. The van der Waals surface area contributed by atoms with E-state index in [-0.39, 0.29) is 18.2 Å². The molecule has 3 N–H and O–H groups in total. The van der Waals surface area contributed by atoms with E-state index in [9.17, 15) is 19.5 Å². The molecule has 0 radical (unpaired) electrons. The maximum Gasteiger partial charge on any atom is 0.405 e. The van der Waals surface area contributed by atoms with Crippen LogP contribution in [0.4, 0.5) is 9.59 Å². The number of piperidine rings is 1. The normalized spacial score (nSPS) is 15.5. The Balaban J connectivity index is 1.26. The number of aryl methyl sites for hydroxylation is 1. The quantitative estimate of drug-likeness (QED) is 0.424. The van der Waals surface area contributed by atoms with Gasteiger partial charge in [-0.05, 0) is 68.2 Å². The first kappa shape index (κ1) is 25.6. The zero-order valence-electron chi connectivity index (χ0n) is 20.0. The Labute approximate surface area is 213 Å². The fourth-order valence-corrected chi connectivity index (χ4v) is 4.65. The third-order valence-electron chi connectivity index (χ3n) is 6.49. The first-order chi connectivity index (χ1) is 17.3. The summed E-state index contributed by atoms with van der Waals surface area (Å²) in [6, 6.07) is 13.3. The minimum atomic E-state index is -1.10. The van der Waals surface area contributed by atoms with Gasteiger partial charge in [0.15, 0.2) is 0 Å². The first-order valence-electron chi connectivity index (χ1n) is 11.9. The first-order valence-corrected chi connectivity index (χ1v) is 12.2. The van der Waals surface area contributed by atoms with Crippen molar-refractivity contribution in [3.63, 3.8) is 0 Å². The molecule has 0 spiro atoms. The lowest BCUT2D eigenvalue weighted by atomic mass is 9.96. The van der Waals surface area contributed by atoms with Gasteiger partial charge in [0.2, 0.25) is 0 Å². The molecule has 36 heavy (non-hydrogen) atoms. The molecule has 1 saturated heterocycles. The molecule has 2 heterocycles. The Morgan fingerprint density at radius 2 is 1.78 bits per heavy atom. The van der Waals surface area contributed by atoms with Crippen molar-refractivity contribution in [2.75, 3.05) is 32.8 Å². The number of amides is 2. The Morgan fingerprint density at radius 3 is 2.44 bits per heavy atom. The number of likely N-dealkylation sites (tertiary alicyclic amines) is 1. The monoisotopic (exact) mass is 515 g/mol. The van der Waals surface area contributed by atoms with Crippen molar-refractivity contribution in [3.8, 4) is 5.75 Å². The molecule has 0 saturated carbocycles. The second-order valence-electron chi connectivity index (χ2n) is 9.01. The van der Waals surface area contributed by atoms with Crippen molar-refractivity contribution in [2.45, 2.75) is 18.9 Å². The van der Waals surface area contributed by atoms with Gasteiger partial charge in [-0.25, -0.2) is 19.0 Å². The fourth-order valence-electron chi connectivity index (χ4n) is 4.53. The Kier molecular flexibility index (Phi) is 8.17. The van der Waals surface area contributed by atoms with Gasteiger partial charge in [-0.3, -0.25) is 4.57 Å². The Morgan fingerprint density at radius 1 is 1.11 bits per heavy atom. The number of carbonyl (C=O) groups excluding carboxylic acids is 1. The molecule has 0 aliphatic carbocycles. The topological polar surface area (TPSA) is 118 Å². The number of rotatable bonds is 8. The number of imidazole rings is 1. The van der Waals surface area contributed by atoms with Crippen molar-refractivity contribution in [1.82, 2.24) is 24.7 Å². The van der Waals surface area contributed by atoms with Crippen LogP contribution in [0, 0.1) is 5.92 Å². The third kappa shape index (κ3) is 6.19. The maximum atomic E-state index is 12.8. The van der Waals surface area contributed by atoms with E-state index in [1.165, 1.54) is 9.13 Å². The number of fused-ring (bicyclic) bond motifs is 1. The highest BCUT2D eigenvalue weighted by atomic mass is 35.5. The van der Waals surface area contributed by atoms with Crippen LogP contribution in [0.15, 0.2) is 53.3 Å². The molecule has 10 nitrogen and oxygen atoms in total. The molecule has 3 aromatic rings. The lowest BCUT2D eigenvalue weighted by Gasteiger charge is -2.34. The van der Waals surface area contributed by atoms with Crippen LogP contribution in [-0.4, -0.2) is 70.1 Å². The van der Waals surface area contributed by atoms with Crippen molar-refractivity contribution >= 4 is 34.8 Å². The number of nitrogens with zero attached hydrogens (tertiary/aromatic N) is 3. The van der Waals surface area contributed by atoms with Crippen LogP contribution >= 0.6 is 11.6 Å². The number of hydrogen-bond acceptors (Lipinski definition) is 5. The molecule has 1 unspecified atom stereocenters. The number of hydrogen-bond donors (Lipinski definition) is 3. The second-order valence-corrected chi connectivity index (χ2v) is 9.44. The van der Waals surface area contributed by atoms with Crippen LogP contribution in [-0.2, 0) is 7.05 Å². The summed E-state index contributed by atoms with van der Waals surface area (Å²) in [6.07, 6.45) is 0.603. The molecule has 2 amide bonds. The highest BCUT2D eigenvalue weighted by Gasteiger charge is 2.24. The Hall–Kier alpha value is -3.50. The predicted octanol–water partition coefficient (Wildman–Crippen LogP) is 2.98. The van der Waals surface area contributed by atoms with Crippen molar-refractivity contribution < 1.29 is 19.4 Å². The number of para-hydroxylation sites is 2. The zero-order chi connectivity index (χ0) is 25.7. The van der Waals surface area contributed by atoms with Gasteiger partial charge in [-0.1, -0.05) is 23.7 Å². The highest BCUT2D eigenvalue weighted by Crippen LogP contribution is 2.18. The number of halogens is 1. The summed E-state index contributed by atoms with van der Waals surface area (Å²) < 4.78 is 8.39. The van der Waals surface area contributed by atoms with E-state index in [0.29, 0.717) is 34.9 Å². The zero-order valence-corrected chi connectivity index (χ0v) is 20.8. The van der Waals surface area contributed by atoms with Gasteiger partial charge in [0.1, 0.15) is 12.4 Å². The average Bonchev–Trinajstić information content (AvgIpc) is 3.12. The van der Waals surface area contributed by atoms with Crippen LogP contribution in [0.2, 0.25) is 5.02 Å². The van der Waals surface area contributed by atoms with Crippen LogP contribution in [0.25, 0.3) is 11.0 Å². The number of benzene rings is 2. The van der Waals surface area contributed by atoms with Gasteiger partial charge in [0.05, 0.1) is 17.1 Å². The predicted molar refractivity (Wildman–Crippen MR) is 137 cm³/mol. The smallest absolute Gasteiger partial charge is 0.405 e. The molecule has 0 bridgehead atoms. The summed E-state index contributed by atoms with van der Waals surface area (Å²) >= 11 is 5.89. The molecule has 2 aromatic carbocycles. The molecule has 1 aromatic heterocycles. The lowest BCUT2D eigenvalue weighted by Crippen LogP contribution is -2.49. The highest BCUT2D eigenvalue weighted by molar-refractivity contribution is 6.30. The molecule has 1 aliphatic heterocycles. The van der Waals surface area contributed by atoms with Crippen LogP contribution < -0.4 is 21.1 Å². The summed E-state index contributed by atoms with van der Waals surface area (Å²) in [5.41, 5.74) is 0.909. The lowest BCUT2D eigenvalue weighted by molar-refractivity contribution is 0.138. The summed E-state index contributed by atoms with van der Waals surface area (Å²) in [4.78, 5) is 38.8. The Bertz CT molecular complexity index is 1260. The minimum Gasteiger partial charge on any atom is -0.491 e. The summed E-state index contributed by atoms with van der Waals surface area (Å²) in [7, 11) is 1.65. The molecule has 1 atom stereocenters. The van der Waals surface area contributed by atoms with Crippen molar-refractivity contribution in [2.24, 2.45) is 13.0 Å². The van der Waals surface area contributed by atoms with E-state index < -0.39 is 18.2 Å². The summed E-state index contributed by atoms with van der Waals surface area (Å²) in [6.45, 7) is 2.73. The number of nitrogens with one attached hydrogen (secondary N) is 2. The van der Waals surface area contributed by atoms with Gasteiger partial charge in [0, 0.05) is 25.2 Å². The van der Waals surface area contributed by atoms with E-state index in [2.05, 4.69) is 15.5 Å². The molecule has 11 heteroatoms. The molecule has 192 valence electrons. The van der Waals surface area contributed by atoms with E-state index in [4.69, 9.17) is 16.3 Å². The number of carbonyl (C=O) groups is 2. The van der Waals surface area contributed by atoms with E-state index in [1.807, 2.05) is 12.1 Å². The molecule has 1 fully saturated rings. The average molecular weight is 516 g/mol. The van der Waals surface area contributed by atoms with Gasteiger partial charge in [-0.2, -0.15) is 0 Å². The number of carboxylic acid groups (broad SMARTS) is 1. The van der Waals surface area contributed by atoms with Gasteiger partial charge in [0.25, 0.3) is 0 Å². The molecular weight excluding hydrogens is 486 g/mol. The van der Waals surface area contributed by atoms with E-state index in [0.717, 1.165) is 25.9 Å². The van der Waals surface area contributed by atoms with Crippen LogP contribution in [0.3, 0.4) is 0 Å². The van der Waals surface area contributed by atoms with Gasteiger partial charge < -0.3 is 25.4 Å². The summed E-state index contributed by atoms with van der Waals surface area (Å²) in [5.74, 6) is 0.892. The van der Waals surface area contributed by atoms with E-state index >= 15 is 0 Å². The largest absolute Gasteiger partial charge is 0.491 e. The molecular formula is C25H30ClN5O5. The number of ether oxygens (including phenoxy) is 1. The minimum absolute atomic E-state index is 0.198. The fraction of sp³-hybridized carbons (Fsp3) is 0.400. The van der Waals surface area contributed by atoms with E-state index in [1.54, 1.807) is 43.4 Å². The van der Waals surface area contributed by atoms with Gasteiger partial charge in [-0.15, -0.1) is 0 Å².